The van der Waals surface area contributed by atoms with Gasteiger partial charge in [0, 0.05) is 7.05 Å². The molecule has 5 heteroatoms. The van der Waals surface area contributed by atoms with E-state index in [0.717, 1.165) is 5.82 Å². The summed E-state index contributed by atoms with van der Waals surface area (Å²) in [5.41, 5.74) is 2.84. The number of hydrogen-bond donors (Lipinski definition) is 1. The summed E-state index contributed by atoms with van der Waals surface area (Å²) in [6.07, 6.45) is 1.67. The average Bonchev–Trinajstić information content (AvgIpc) is 2.45. The number of aryl methyl sites for hydroxylation is 1. The van der Waals surface area contributed by atoms with Crippen molar-refractivity contribution in [2.75, 3.05) is 6.61 Å². The number of nitrogens with one attached hydrogen (secondary N) is 1. The quantitative estimate of drug-likeness (QED) is 0.534. The van der Waals surface area contributed by atoms with E-state index in [1.165, 1.54) is 0 Å². The van der Waals surface area contributed by atoms with E-state index in [0.29, 0.717) is 19.1 Å². The van der Waals surface area contributed by atoms with Crippen molar-refractivity contribution >= 4 is 0 Å². The summed E-state index contributed by atoms with van der Waals surface area (Å²) < 4.78 is 1.85. The van der Waals surface area contributed by atoms with Gasteiger partial charge in [-0.3, -0.25) is 0 Å². The van der Waals surface area contributed by atoms with E-state index in [2.05, 4.69) is 29.5 Å². The van der Waals surface area contributed by atoms with Crippen LogP contribution in [0.4, 0.5) is 0 Å². The number of nitrogens with zero attached hydrogens (tertiary/aromatic N) is 3. The molecule has 74 valence electrons. The van der Waals surface area contributed by atoms with Gasteiger partial charge in [0.1, 0.15) is 12.2 Å². The molecule has 0 aliphatic carbocycles. The Labute approximate surface area is 78.1 Å². The summed E-state index contributed by atoms with van der Waals surface area (Å²) in [6, 6.07) is 0. The predicted octanol–water partition coefficient (Wildman–Crippen LogP) is 0.492. The van der Waals surface area contributed by atoms with Crippen LogP contribution >= 0.6 is 0 Å². The Morgan fingerprint density at radius 1 is 1.62 bits per heavy atom. The molecule has 0 saturated heterocycles. The Morgan fingerprint density at radius 2 is 2.38 bits per heavy atom. The molecular weight excluding hydrogens is 168 g/mol. The van der Waals surface area contributed by atoms with Gasteiger partial charge < -0.3 is 9.40 Å². The highest BCUT2D eigenvalue weighted by molar-refractivity contribution is 4.81. The molecule has 5 nitrogen and oxygen atoms in total. The first-order chi connectivity index (χ1) is 6.20. The van der Waals surface area contributed by atoms with Crippen molar-refractivity contribution < 1.29 is 4.84 Å². The predicted molar refractivity (Wildman–Crippen MR) is 48.6 cm³/mol. The van der Waals surface area contributed by atoms with Crippen LogP contribution in [-0.2, 0) is 18.4 Å². The van der Waals surface area contributed by atoms with Gasteiger partial charge in [0.25, 0.3) is 0 Å². The zero-order chi connectivity index (χ0) is 9.68. The van der Waals surface area contributed by atoms with Gasteiger partial charge in [0.15, 0.2) is 0 Å². The molecule has 1 aromatic heterocycles. The fourth-order valence-electron chi connectivity index (χ4n) is 0.808. The molecular formula is C8H16N4O. The smallest absolute Gasteiger partial charge is 0.148 e. The first-order valence-electron chi connectivity index (χ1n) is 4.37. The number of hydrogen-bond acceptors (Lipinski definition) is 4. The maximum Gasteiger partial charge on any atom is 0.148 e. The zero-order valence-electron chi connectivity index (χ0n) is 8.32. The van der Waals surface area contributed by atoms with Gasteiger partial charge in [-0.15, -0.1) is 10.2 Å². The van der Waals surface area contributed by atoms with E-state index in [-0.39, 0.29) is 0 Å². The highest BCUT2D eigenvalue weighted by Gasteiger charge is 1.99. The van der Waals surface area contributed by atoms with E-state index >= 15 is 0 Å². The SMILES string of the molecule is CC(C)CONCc1nncn1C. The van der Waals surface area contributed by atoms with Crippen molar-refractivity contribution in [1.29, 1.82) is 0 Å². The van der Waals surface area contributed by atoms with Crippen LogP contribution in [0.3, 0.4) is 0 Å². The monoisotopic (exact) mass is 184 g/mol. The van der Waals surface area contributed by atoms with Gasteiger partial charge in [-0.05, 0) is 5.92 Å². The fourth-order valence-corrected chi connectivity index (χ4v) is 0.808. The molecule has 0 spiro atoms. The maximum absolute atomic E-state index is 5.19. The van der Waals surface area contributed by atoms with Crippen LogP contribution in [0.15, 0.2) is 6.33 Å². The topological polar surface area (TPSA) is 52.0 Å². The van der Waals surface area contributed by atoms with Crippen LogP contribution in [-0.4, -0.2) is 21.4 Å². The van der Waals surface area contributed by atoms with Crippen molar-refractivity contribution in [3.8, 4) is 0 Å². The Morgan fingerprint density at radius 3 is 2.92 bits per heavy atom. The van der Waals surface area contributed by atoms with Crippen LogP contribution in [0.2, 0.25) is 0 Å². The standard InChI is InChI=1S/C8H16N4O/c1-7(2)5-13-10-4-8-11-9-6-12(8)3/h6-7,10H,4-5H2,1-3H3. The van der Waals surface area contributed by atoms with Gasteiger partial charge in [0.05, 0.1) is 13.2 Å². The summed E-state index contributed by atoms with van der Waals surface area (Å²) in [6.45, 7) is 5.50. The van der Waals surface area contributed by atoms with Crippen molar-refractivity contribution in [2.45, 2.75) is 20.4 Å². The lowest BCUT2D eigenvalue weighted by atomic mass is 10.2. The van der Waals surface area contributed by atoms with Crippen LogP contribution < -0.4 is 5.48 Å². The fraction of sp³-hybridized carbons (Fsp3) is 0.750. The molecule has 1 heterocycles. The minimum atomic E-state index is 0.534. The van der Waals surface area contributed by atoms with Crippen molar-refractivity contribution in [1.82, 2.24) is 20.2 Å². The van der Waals surface area contributed by atoms with Crippen LogP contribution in [0.1, 0.15) is 19.7 Å². The van der Waals surface area contributed by atoms with E-state index in [1.54, 1.807) is 6.33 Å². The lowest BCUT2D eigenvalue weighted by Crippen LogP contribution is -2.19. The highest BCUT2D eigenvalue weighted by atomic mass is 16.6. The lowest BCUT2D eigenvalue weighted by Gasteiger charge is -2.06. The molecule has 0 saturated carbocycles. The third-order valence-electron chi connectivity index (χ3n) is 1.55. The Bertz CT molecular complexity index is 246. The minimum Gasteiger partial charge on any atom is -0.320 e. The van der Waals surface area contributed by atoms with Crippen LogP contribution in [0, 0.1) is 5.92 Å². The third-order valence-corrected chi connectivity index (χ3v) is 1.55. The van der Waals surface area contributed by atoms with Crippen molar-refractivity contribution in [2.24, 2.45) is 13.0 Å². The molecule has 1 N–H and O–H groups in total. The second kappa shape index (κ2) is 4.94. The van der Waals surface area contributed by atoms with Gasteiger partial charge in [-0.2, -0.15) is 5.48 Å². The summed E-state index contributed by atoms with van der Waals surface area (Å²) >= 11 is 0. The maximum atomic E-state index is 5.19. The van der Waals surface area contributed by atoms with Crippen molar-refractivity contribution in [3.63, 3.8) is 0 Å². The largest absolute Gasteiger partial charge is 0.320 e. The van der Waals surface area contributed by atoms with Crippen LogP contribution in [0.5, 0.6) is 0 Å². The molecule has 0 unspecified atom stereocenters. The number of aromatic nitrogens is 3. The molecule has 0 aliphatic heterocycles. The first-order valence-corrected chi connectivity index (χ1v) is 4.37. The number of rotatable bonds is 5. The molecule has 1 rings (SSSR count). The molecule has 1 aromatic rings. The van der Waals surface area contributed by atoms with E-state index in [9.17, 15) is 0 Å². The molecule has 0 atom stereocenters. The minimum absolute atomic E-state index is 0.534. The van der Waals surface area contributed by atoms with Crippen LogP contribution in [0.25, 0.3) is 0 Å². The van der Waals surface area contributed by atoms with Crippen molar-refractivity contribution in [3.05, 3.63) is 12.2 Å². The van der Waals surface area contributed by atoms with Gasteiger partial charge in [-0.25, -0.2) is 0 Å². The molecule has 13 heavy (non-hydrogen) atoms. The van der Waals surface area contributed by atoms with E-state index in [4.69, 9.17) is 4.84 Å². The molecule has 0 amide bonds. The summed E-state index contributed by atoms with van der Waals surface area (Å²) in [4.78, 5) is 5.19. The molecule has 0 bridgehead atoms. The molecule has 0 fully saturated rings. The third kappa shape index (κ3) is 3.52. The molecule has 0 aromatic carbocycles. The highest BCUT2D eigenvalue weighted by Crippen LogP contribution is 1.92. The Balaban J connectivity index is 2.17. The molecule has 0 aliphatic rings. The van der Waals surface area contributed by atoms with Gasteiger partial charge in [-0.1, -0.05) is 13.8 Å². The average molecular weight is 184 g/mol. The second-order valence-corrected chi connectivity index (χ2v) is 3.38. The zero-order valence-corrected chi connectivity index (χ0v) is 8.32. The lowest BCUT2D eigenvalue weighted by molar-refractivity contribution is 0.0179. The number of hydroxylamine groups is 1. The van der Waals surface area contributed by atoms with Gasteiger partial charge >= 0.3 is 0 Å². The Kier molecular flexibility index (Phi) is 3.85. The Hall–Kier alpha value is -0.940. The summed E-state index contributed by atoms with van der Waals surface area (Å²) in [5.74, 6) is 1.40. The summed E-state index contributed by atoms with van der Waals surface area (Å²) in [5, 5.41) is 7.66. The second-order valence-electron chi connectivity index (χ2n) is 3.38. The normalized spacial score (nSPS) is 11.1. The first kappa shape index (κ1) is 10.1. The van der Waals surface area contributed by atoms with Gasteiger partial charge in [0.2, 0.25) is 0 Å². The molecule has 0 radical (unpaired) electrons. The van der Waals surface area contributed by atoms with E-state index < -0.39 is 0 Å². The van der Waals surface area contributed by atoms with E-state index in [1.807, 2.05) is 11.6 Å². The summed E-state index contributed by atoms with van der Waals surface area (Å²) in [7, 11) is 1.90.